The number of anilines is 2. The number of hydrogen-bond acceptors (Lipinski definition) is 6. The number of aromatic nitrogens is 4. The fraction of sp³-hybridized carbons (Fsp3) is 0.500. The molecule has 0 aliphatic heterocycles. The monoisotopic (exact) mass is 359 g/mol. The third-order valence-corrected chi connectivity index (χ3v) is 3.83. The van der Waals surface area contributed by atoms with Crippen LogP contribution in [-0.4, -0.2) is 32.3 Å². The highest BCUT2D eigenvalue weighted by molar-refractivity contribution is 5.85. The predicted octanol–water partition coefficient (Wildman–Crippen LogP) is 1.50. The summed E-state index contributed by atoms with van der Waals surface area (Å²) in [5, 5.41) is 7.45. The summed E-state index contributed by atoms with van der Waals surface area (Å²) in [4.78, 5) is 8.55. The second kappa shape index (κ2) is 8.33. The summed E-state index contributed by atoms with van der Waals surface area (Å²) in [6, 6.07) is 2.28. The third kappa shape index (κ3) is 4.95. The normalized spacial score (nSPS) is 19.2. The van der Waals surface area contributed by atoms with Crippen LogP contribution in [-0.2, 0) is 13.5 Å². The van der Waals surface area contributed by atoms with Crippen LogP contribution in [0.5, 0.6) is 0 Å². The van der Waals surface area contributed by atoms with E-state index in [0.29, 0.717) is 17.9 Å². The Bertz CT molecular complexity index is 625. The lowest BCUT2D eigenvalue weighted by Crippen LogP contribution is -2.35. The Morgan fingerprint density at radius 1 is 1.30 bits per heavy atom. The van der Waals surface area contributed by atoms with E-state index in [4.69, 9.17) is 11.5 Å². The topological polar surface area (TPSA) is 108 Å². The van der Waals surface area contributed by atoms with Crippen LogP contribution >= 0.6 is 24.8 Å². The molecule has 3 rings (SSSR count). The summed E-state index contributed by atoms with van der Waals surface area (Å²) in [6.45, 7) is 0.783. The maximum absolute atomic E-state index is 5.83. The molecule has 2 heterocycles. The van der Waals surface area contributed by atoms with Gasteiger partial charge >= 0.3 is 0 Å². The van der Waals surface area contributed by atoms with Crippen LogP contribution in [0.1, 0.15) is 30.0 Å². The average Bonchev–Trinajstić information content (AvgIpc) is 2.80. The number of aryl methyl sites for hydroxylation is 1. The first-order valence-corrected chi connectivity index (χ1v) is 7.21. The molecular weight excluding hydrogens is 337 g/mol. The molecule has 2 aromatic rings. The fourth-order valence-electron chi connectivity index (χ4n) is 2.62. The van der Waals surface area contributed by atoms with Crippen molar-refractivity contribution in [1.29, 1.82) is 0 Å². The van der Waals surface area contributed by atoms with E-state index in [2.05, 4.69) is 20.4 Å². The number of hydrogen-bond donors (Lipinski definition) is 3. The van der Waals surface area contributed by atoms with Gasteiger partial charge in [-0.3, -0.25) is 4.68 Å². The molecule has 7 nitrogen and oxygen atoms in total. The lowest BCUT2D eigenvalue weighted by atomic mass is 9.78. The quantitative estimate of drug-likeness (QED) is 0.746. The summed E-state index contributed by atoms with van der Waals surface area (Å²) < 4.78 is 1.80. The smallest absolute Gasteiger partial charge is 0.222 e. The van der Waals surface area contributed by atoms with Crippen molar-refractivity contribution in [1.82, 2.24) is 19.7 Å². The van der Waals surface area contributed by atoms with Gasteiger partial charge in [-0.25, -0.2) is 4.98 Å². The van der Waals surface area contributed by atoms with Gasteiger partial charge in [0.25, 0.3) is 0 Å². The summed E-state index contributed by atoms with van der Waals surface area (Å²) >= 11 is 0. The fourth-order valence-corrected chi connectivity index (χ4v) is 2.62. The van der Waals surface area contributed by atoms with E-state index < -0.39 is 0 Å². The molecule has 0 bridgehead atoms. The molecule has 0 aromatic carbocycles. The minimum Gasteiger partial charge on any atom is -0.370 e. The van der Waals surface area contributed by atoms with Crippen LogP contribution in [0.25, 0.3) is 0 Å². The molecule has 2 aromatic heterocycles. The van der Waals surface area contributed by atoms with Gasteiger partial charge in [-0.2, -0.15) is 10.1 Å². The number of nitrogen functional groups attached to an aromatic ring is 1. The van der Waals surface area contributed by atoms with Crippen molar-refractivity contribution in [3.8, 4) is 0 Å². The van der Waals surface area contributed by atoms with Crippen LogP contribution < -0.4 is 16.8 Å². The molecule has 5 N–H and O–H groups in total. The molecule has 1 saturated carbocycles. The number of nitrogens with one attached hydrogen (secondary N) is 1. The Balaban J connectivity index is 0.00000132. The summed E-state index contributed by atoms with van der Waals surface area (Å²) in [5.41, 5.74) is 13.8. The van der Waals surface area contributed by atoms with Crippen molar-refractivity contribution in [2.45, 2.75) is 31.2 Å². The van der Waals surface area contributed by atoms with Gasteiger partial charge in [0.1, 0.15) is 5.82 Å². The first-order chi connectivity index (χ1) is 10.1. The van der Waals surface area contributed by atoms with Crippen LogP contribution in [0.3, 0.4) is 0 Å². The van der Waals surface area contributed by atoms with Gasteiger partial charge < -0.3 is 16.8 Å². The van der Waals surface area contributed by atoms with Gasteiger partial charge in [0, 0.05) is 37.8 Å². The van der Waals surface area contributed by atoms with Gasteiger partial charge in [0.05, 0.1) is 11.9 Å². The second-order valence-corrected chi connectivity index (χ2v) is 5.66. The summed E-state index contributed by atoms with van der Waals surface area (Å²) in [7, 11) is 1.91. The second-order valence-electron chi connectivity index (χ2n) is 5.66. The van der Waals surface area contributed by atoms with Gasteiger partial charge in [0.2, 0.25) is 5.95 Å². The van der Waals surface area contributed by atoms with E-state index in [0.717, 1.165) is 37.3 Å². The highest BCUT2D eigenvalue weighted by Gasteiger charge is 2.29. The maximum Gasteiger partial charge on any atom is 0.222 e. The van der Waals surface area contributed by atoms with Crippen molar-refractivity contribution >= 4 is 36.6 Å². The van der Waals surface area contributed by atoms with E-state index in [1.54, 1.807) is 4.68 Å². The molecule has 0 amide bonds. The van der Waals surface area contributed by atoms with Crippen LogP contribution in [0.4, 0.5) is 11.8 Å². The zero-order valence-corrected chi connectivity index (χ0v) is 14.6. The SMILES string of the molecule is Cl.Cl.Cn1cc(CCNc2cc(C3CC(N)C3)nc(N)n2)cn1. The number of nitrogens with zero attached hydrogens (tertiary/aromatic N) is 4. The molecule has 0 saturated heterocycles. The van der Waals surface area contributed by atoms with E-state index in [9.17, 15) is 0 Å². The molecule has 1 aliphatic carbocycles. The molecule has 1 aliphatic rings. The zero-order chi connectivity index (χ0) is 14.8. The Kier molecular flexibility index (Phi) is 7.05. The standard InChI is InChI=1S/C14H21N7.2ClH/c1-21-8-9(7-18-21)2-3-17-13-6-12(19-14(16)20-13)10-4-11(15)5-10;;/h6-8,10-11H,2-5,15H2,1H3,(H3,16,17,19,20);2*1H. The molecule has 0 spiro atoms. The summed E-state index contributed by atoms with van der Waals surface area (Å²) in [5.74, 6) is 1.52. The molecule has 128 valence electrons. The minimum absolute atomic E-state index is 0. The summed E-state index contributed by atoms with van der Waals surface area (Å²) in [6.07, 6.45) is 6.73. The zero-order valence-electron chi connectivity index (χ0n) is 13.0. The largest absolute Gasteiger partial charge is 0.370 e. The first-order valence-electron chi connectivity index (χ1n) is 7.21. The van der Waals surface area contributed by atoms with E-state index in [-0.39, 0.29) is 24.8 Å². The van der Waals surface area contributed by atoms with Crippen molar-refractivity contribution in [3.05, 3.63) is 29.7 Å². The van der Waals surface area contributed by atoms with Crippen LogP contribution in [0.2, 0.25) is 0 Å². The molecular formula is C14H23Cl2N7. The minimum atomic E-state index is 0. The van der Waals surface area contributed by atoms with Crippen LogP contribution in [0.15, 0.2) is 18.5 Å². The Morgan fingerprint density at radius 3 is 2.65 bits per heavy atom. The lowest BCUT2D eigenvalue weighted by Gasteiger charge is -2.32. The number of nitrogens with two attached hydrogens (primary N) is 2. The third-order valence-electron chi connectivity index (χ3n) is 3.83. The first kappa shape index (κ1) is 19.5. The molecule has 0 unspecified atom stereocenters. The number of halogens is 2. The van der Waals surface area contributed by atoms with Crippen molar-refractivity contribution in [2.24, 2.45) is 12.8 Å². The van der Waals surface area contributed by atoms with E-state index >= 15 is 0 Å². The van der Waals surface area contributed by atoms with Gasteiger partial charge in [-0.1, -0.05) is 0 Å². The van der Waals surface area contributed by atoms with E-state index in [1.807, 2.05) is 25.5 Å². The predicted molar refractivity (Wildman–Crippen MR) is 96.3 cm³/mol. The molecule has 0 atom stereocenters. The molecule has 9 heteroatoms. The van der Waals surface area contributed by atoms with Gasteiger partial charge in [-0.05, 0) is 24.8 Å². The number of rotatable bonds is 5. The highest BCUT2D eigenvalue weighted by Crippen LogP contribution is 2.35. The molecule has 0 radical (unpaired) electrons. The van der Waals surface area contributed by atoms with Crippen molar-refractivity contribution < 1.29 is 0 Å². The Morgan fingerprint density at radius 2 is 2.04 bits per heavy atom. The van der Waals surface area contributed by atoms with Crippen molar-refractivity contribution in [2.75, 3.05) is 17.6 Å². The van der Waals surface area contributed by atoms with Crippen LogP contribution in [0, 0.1) is 0 Å². The Hall–Kier alpha value is -1.57. The van der Waals surface area contributed by atoms with Gasteiger partial charge in [0.15, 0.2) is 0 Å². The van der Waals surface area contributed by atoms with E-state index in [1.165, 1.54) is 5.56 Å². The molecule has 23 heavy (non-hydrogen) atoms. The Labute approximate surface area is 148 Å². The van der Waals surface area contributed by atoms with Crippen molar-refractivity contribution in [3.63, 3.8) is 0 Å². The average molecular weight is 360 g/mol. The highest BCUT2D eigenvalue weighted by atomic mass is 35.5. The molecule has 1 fully saturated rings. The van der Waals surface area contributed by atoms with Gasteiger partial charge in [-0.15, -0.1) is 24.8 Å². The lowest BCUT2D eigenvalue weighted by molar-refractivity contribution is 0.345. The maximum atomic E-state index is 5.83.